The Kier molecular flexibility index (Phi) is 6.78. The molecule has 10 heteroatoms. The Hall–Kier alpha value is -3.63. The van der Waals surface area contributed by atoms with Gasteiger partial charge < -0.3 is 34.9 Å². The number of hydrogen-bond donors (Lipinski definition) is 3. The van der Waals surface area contributed by atoms with Crippen LogP contribution in [0.4, 0.5) is 11.4 Å². The highest BCUT2D eigenvalue weighted by atomic mass is 16.5. The summed E-state index contributed by atoms with van der Waals surface area (Å²) in [6.07, 6.45) is 0.567. The predicted molar refractivity (Wildman–Crippen MR) is 134 cm³/mol. The molecule has 3 saturated heterocycles. The largest absolute Gasteiger partial charge is 0.497 e. The number of anilines is 2. The standard InChI is InChI=1S/C27H31N3O7/c1-3-36-19-10-6-16(7-11-19)28-24(32)21-20-12-13-27(37-20)22(21)26(34)30(14-15-31)23(27)25(33)29-17-4-8-18(35-2)9-5-17/h4-11,20-23,31H,3,12-15H2,1-2H3,(H,28,32)(H,29,33)/t20-,21+,22-,23?,27?/m0/s1. The van der Waals surface area contributed by atoms with Crippen LogP contribution in [0.1, 0.15) is 19.8 Å². The van der Waals surface area contributed by atoms with E-state index >= 15 is 0 Å². The van der Waals surface area contributed by atoms with Crippen LogP contribution in [0.25, 0.3) is 0 Å². The molecule has 5 atom stereocenters. The predicted octanol–water partition coefficient (Wildman–Crippen LogP) is 2.04. The van der Waals surface area contributed by atoms with Crippen molar-refractivity contribution in [2.24, 2.45) is 11.8 Å². The van der Waals surface area contributed by atoms with Crippen molar-refractivity contribution < 1.29 is 33.7 Å². The lowest BCUT2D eigenvalue weighted by Crippen LogP contribution is -2.53. The molecule has 0 saturated carbocycles. The highest BCUT2D eigenvalue weighted by Crippen LogP contribution is 2.58. The Morgan fingerprint density at radius 3 is 2.27 bits per heavy atom. The monoisotopic (exact) mass is 509 g/mol. The first-order chi connectivity index (χ1) is 17.9. The second-order valence-electron chi connectivity index (χ2n) is 9.48. The number of rotatable bonds is 9. The molecule has 0 radical (unpaired) electrons. The number of amides is 3. The molecule has 3 heterocycles. The molecule has 2 aromatic rings. The fourth-order valence-corrected chi connectivity index (χ4v) is 6.01. The summed E-state index contributed by atoms with van der Waals surface area (Å²) in [7, 11) is 1.56. The van der Waals surface area contributed by atoms with Crippen LogP contribution in [-0.4, -0.2) is 72.3 Å². The Morgan fingerprint density at radius 1 is 1.05 bits per heavy atom. The van der Waals surface area contributed by atoms with Crippen LogP contribution in [0, 0.1) is 11.8 Å². The third-order valence-corrected chi connectivity index (χ3v) is 7.48. The topological polar surface area (TPSA) is 126 Å². The van der Waals surface area contributed by atoms with Crippen LogP contribution < -0.4 is 20.1 Å². The zero-order valence-corrected chi connectivity index (χ0v) is 20.8. The van der Waals surface area contributed by atoms with E-state index in [-0.39, 0.29) is 25.0 Å². The summed E-state index contributed by atoms with van der Waals surface area (Å²) in [6.45, 7) is 2.09. The second kappa shape index (κ2) is 10.0. The van der Waals surface area contributed by atoms with Gasteiger partial charge in [-0.15, -0.1) is 0 Å². The van der Waals surface area contributed by atoms with Crippen molar-refractivity contribution in [2.75, 3.05) is 37.5 Å². The molecule has 5 rings (SSSR count). The molecule has 196 valence electrons. The molecule has 3 aliphatic rings. The molecule has 37 heavy (non-hydrogen) atoms. The number of benzene rings is 2. The summed E-state index contributed by atoms with van der Waals surface area (Å²) in [5.74, 6) is -1.30. The van der Waals surface area contributed by atoms with Gasteiger partial charge in [0.05, 0.1) is 38.3 Å². The van der Waals surface area contributed by atoms with Crippen molar-refractivity contribution in [3.63, 3.8) is 0 Å². The number of fused-ring (bicyclic) bond motifs is 1. The van der Waals surface area contributed by atoms with E-state index in [1.807, 2.05) is 6.92 Å². The molecule has 1 spiro atoms. The number of nitrogens with one attached hydrogen (secondary N) is 2. The van der Waals surface area contributed by atoms with E-state index < -0.39 is 35.5 Å². The van der Waals surface area contributed by atoms with E-state index in [4.69, 9.17) is 14.2 Å². The summed E-state index contributed by atoms with van der Waals surface area (Å²) in [5, 5.41) is 15.5. The van der Waals surface area contributed by atoms with Gasteiger partial charge in [-0.05, 0) is 68.3 Å². The molecule has 2 aromatic carbocycles. The van der Waals surface area contributed by atoms with Gasteiger partial charge in [-0.1, -0.05) is 0 Å². The SMILES string of the molecule is CCOc1ccc(NC(=O)[C@@H]2[C@@H]3CCC4(O3)C(C(=O)Nc3ccc(OC)cc3)N(CCO)C(=O)[C@H]24)cc1. The minimum atomic E-state index is -1.13. The summed E-state index contributed by atoms with van der Waals surface area (Å²) in [5.41, 5.74) is -0.00924. The van der Waals surface area contributed by atoms with E-state index in [9.17, 15) is 19.5 Å². The Bertz CT molecular complexity index is 1170. The van der Waals surface area contributed by atoms with Crippen LogP contribution in [0.2, 0.25) is 0 Å². The smallest absolute Gasteiger partial charge is 0.250 e. The van der Waals surface area contributed by atoms with Gasteiger partial charge in [-0.25, -0.2) is 0 Å². The van der Waals surface area contributed by atoms with E-state index in [1.54, 1.807) is 55.6 Å². The molecule has 3 fully saturated rings. The van der Waals surface area contributed by atoms with Crippen LogP contribution >= 0.6 is 0 Å². The highest BCUT2D eigenvalue weighted by molar-refractivity contribution is 6.05. The molecule has 3 aliphatic heterocycles. The number of carbonyl (C=O) groups excluding carboxylic acids is 3. The van der Waals surface area contributed by atoms with E-state index in [0.29, 0.717) is 42.3 Å². The lowest BCUT2D eigenvalue weighted by molar-refractivity contribution is -0.140. The van der Waals surface area contributed by atoms with Crippen LogP contribution in [0.15, 0.2) is 48.5 Å². The highest BCUT2D eigenvalue weighted by Gasteiger charge is 2.74. The van der Waals surface area contributed by atoms with Crippen molar-refractivity contribution in [2.45, 2.75) is 37.5 Å². The molecule has 3 amide bonds. The molecule has 0 aromatic heterocycles. The van der Waals surface area contributed by atoms with Crippen molar-refractivity contribution in [1.82, 2.24) is 4.90 Å². The molecule has 2 bridgehead atoms. The average Bonchev–Trinajstić information content (AvgIpc) is 3.54. The first kappa shape index (κ1) is 25.0. The maximum atomic E-state index is 13.6. The minimum Gasteiger partial charge on any atom is -0.497 e. The van der Waals surface area contributed by atoms with Crippen LogP contribution in [0.3, 0.4) is 0 Å². The van der Waals surface area contributed by atoms with E-state index in [2.05, 4.69) is 10.6 Å². The molecule has 2 unspecified atom stereocenters. The number of aliphatic hydroxyl groups is 1. The number of hydrogen-bond acceptors (Lipinski definition) is 7. The average molecular weight is 510 g/mol. The van der Waals surface area contributed by atoms with Crippen molar-refractivity contribution in [3.8, 4) is 11.5 Å². The molecule has 3 N–H and O–H groups in total. The first-order valence-electron chi connectivity index (χ1n) is 12.5. The number of carbonyl (C=O) groups is 3. The zero-order chi connectivity index (χ0) is 26.2. The number of β-amino-alcohol motifs (C(OH)–C–C–N with tert-alkyl or cyclic N) is 1. The van der Waals surface area contributed by atoms with Gasteiger partial charge in [0.15, 0.2) is 0 Å². The first-order valence-corrected chi connectivity index (χ1v) is 12.5. The van der Waals surface area contributed by atoms with E-state index in [1.165, 1.54) is 4.90 Å². The number of methoxy groups -OCH3 is 1. The van der Waals surface area contributed by atoms with Gasteiger partial charge in [-0.3, -0.25) is 14.4 Å². The molecular formula is C27H31N3O7. The Labute approximate surface area is 214 Å². The number of nitrogens with zero attached hydrogens (tertiary/aromatic N) is 1. The van der Waals surface area contributed by atoms with Gasteiger partial charge in [0, 0.05) is 17.9 Å². The summed E-state index contributed by atoms with van der Waals surface area (Å²) in [4.78, 5) is 42.0. The third-order valence-electron chi connectivity index (χ3n) is 7.48. The fraction of sp³-hybridized carbons (Fsp3) is 0.444. The molecular weight excluding hydrogens is 478 g/mol. The number of aliphatic hydroxyl groups excluding tert-OH is 1. The Morgan fingerprint density at radius 2 is 1.68 bits per heavy atom. The van der Waals surface area contributed by atoms with Crippen molar-refractivity contribution >= 4 is 29.1 Å². The summed E-state index contributed by atoms with van der Waals surface area (Å²) in [6, 6.07) is 12.9. The molecule has 10 nitrogen and oxygen atoms in total. The van der Waals surface area contributed by atoms with Gasteiger partial charge >= 0.3 is 0 Å². The van der Waals surface area contributed by atoms with Gasteiger partial charge in [-0.2, -0.15) is 0 Å². The summed E-state index contributed by atoms with van der Waals surface area (Å²) < 4.78 is 17.0. The Balaban J connectivity index is 1.39. The third kappa shape index (κ3) is 4.30. The minimum absolute atomic E-state index is 0.0287. The van der Waals surface area contributed by atoms with Gasteiger partial charge in [0.25, 0.3) is 0 Å². The maximum Gasteiger partial charge on any atom is 0.250 e. The fourth-order valence-electron chi connectivity index (χ4n) is 6.01. The lowest BCUT2D eigenvalue weighted by Gasteiger charge is -2.33. The van der Waals surface area contributed by atoms with Crippen molar-refractivity contribution in [1.29, 1.82) is 0 Å². The quantitative estimate of drug-likeness (QED) is 0.472. The van der Waals surface area contributed by atoms with Gasteiger partial charge in [0.2, 0.25) is 17.7 Å². The zero-order valence-electron chi connectivity index (χ0n) is 20.8. The van der Waals surface area contributed by atoms with E-state index in [0.717, 1.165) is 0 Å². The van der Waals surface area contributed by atoms with Gasteiger partial charge in [0.1, 0.15) is 23.1 Å². The normalized spacial score (nSPS) is 27.6. The van der Waals surface area contributed by atoms with Crippen LogP contribution in [0.5, 0.6) is 11.5 Å². The molecule has 0 aliphatic carbocycles. The number of ether oxygens (including phenoxy) is 3. The van der Waals surface area contributed by atoms with Crippen LogP contribution in [-0.2, 0) is 19.1 Å². The lowest BCUT2D eigenvalue weighted by atomic mass is 9.70. The maximum absolute atomic E-state index is 13.6. The summed E-state index contributed by atoms with van der Waals surface area (Å²) >= 11 is 0. The second-order valence-corrected chi connectivity index (χ2v) is 9.48. The number of likely N-dealkylation sites (tertiary alicyclic amines) is 1. The van der Waals surface area contributed by atoms with Crippen molar-refractivity contribution in [3.05, 3.63) is 48.5 Å².